The molecule has 1 N–H and O–H groups in total. The maximum Gasteiger partial charge on any atom is 0.259 e. The number of nitrogens with one attached hydrogen (secondary N) is 1. The van der Waals surface area contributed by atoms with E-state index in [2.05, 4.69) is 10.3 Å². The fourth-order valence-corrected chi connectivity index (χ4v) is 4.18. The number of hydrogen-bond acceptors (Lipinski definition) is 6. The van der Waals surface area contributed by atoms with E-state index in [1.807, 2.05) is 11.0 Å². The smallest absolute Gasteiger partial charge is 0.259 e. The molecule has 2 aliphatic rings. The van der Waals surface area contributed by atoms with Gasteiger partial charge in [0.2, 0.25) is 6.79 Å². The Bertz CT molecular complexity index is 1310. The molecule has 0 saturated carbocycles. The first-order chi connectivity index (χ1) is 17.4. The van der Waals surface area contributed by atoms with Crippen LogP contribution in [0.4, 0.5) is 19.0 Å². The van der Waals surface area contributed by atoms with Gasteiger partial charge >= 0.3 is 0 Å². The molecular weight excluding hydrogens is 477 g/mol. The first kappa shape index (κ1) is 23.5. The molecule has 186 valence electrons. The minimum atomic E-state index is -1.24. The van der Waals surface area contributed by atoms with Gasteiger partial charge in [-0.1, -0.05) is 6.07 Å². The van der Waals surface area contributed by atoms with E-state index in [1.165, 1.54) is 4.90 Å². The lowest BCUT2D eigenvalue weighted by molar-refractivity contribution is 0.0735. The van der Waals surface area contributed by atoms with E-state index in [0.717, 1.165) is 5.56 Å². The third kappa shape index (κ3) is 4.64. The lowest BCUT2D eigenvalue weighted by Crippen LogP contribution is -2.49. The van der Waals surface area contributed by atoms with Gasteiger partial charge in [0.25, 0.3) is 11.8 Å². The molecule has 0 bridgehead atoms. The zero-order chi connectivity index (χ0) is 25.2. The van der Waals surface area contributed by atoms with Crippen molar-refractivity contribution in [2.45, 2.75) is 6.54 Å². The number of piperazine rings is 1. The summed E-state index contributed by atoms with van der Waals surface area (Å²) in [5, 5.41) is 2.87. The van der Waals surface area contributed by atoms with Crippen molar-refractivity contribution in [3.8, 4) is 11.5 Å². The Morgan fingerprint density at radius 1 is 0.944 bits per heavy atom. The molecule has 1 aromatic heterocycles. The second-order valence-corrected chi connectivity index (χ2v) is 8.27. The molecule has 0 spiro atoms. The van der Waals surface area contributed by atoms with Crippen LogP contribution < -0.4 is 19.7 Å². The molecule has 0 unspecified atom stereocenters. The average molecular weight is 498 g/mol. The molecule has 2 aliphatic heterocycles. The quantitative estimate of drug-likeness (QED) is 0.582. The predicted molar refractivity (Wildman–Crippen MR) is 122 cm³/mol. The summed E-state index contributed by atoms with van der Waals surface area (Å²) < 4.78 is 52.0. The zero-order valence-electron chi connectivity index (χ0n) is 19.0. The van der Waals surface area contributed by atoms with Gasteiger partial charge in [0.05, 0.1) is 5.56 Å². The number of aromatic nitrogens is 1. The number of fused-ring (bicyclic) bond motifs is 1. The van der Waals surface area contributed by atoms with Crippen molar-refractivity contribution in [1.29, 1.82) is 0 Å². The summed E-state index contributed by atoms with van der Waals surface area (Å²) in [6, 6.07) is 9.68. The molecule has 11 heteroatoms. The Balaban J connectivity index is 1.24. The maximum absolute atomic E-state index is 14.1. The highest BCUT2D eigenvalue weighted by Crippen LogP contribution is 2.32. The molecule has 0 aliphatic carbocycles. The van der Waals surface area contributed by atoms with E-state index < -0.39 is 28.9 Å². The van der Waals surface area contributed by atoms with Crippen molar-refractivity contribution >= 4 is 17.6 Å². The summed E-state index contributed by atoms with van der Waals surface area (Å²) in [5.74, 6) is -3.05. The third-order valence-corrected chi connectivity index (χ3v) is 6.01. The van der Waals surface area contributed by atoms with E-state index in [0.29, 0.717) is 35.0 Å². The van der Waals surface area contributed by atoms with Crippen LogP contribution in [0.5, 0.6) is 11.5 Å². The van der Waals surface area contributed by atoms with Crippen molar-refractivity contribution in [3.63, 3.8) is 0 Å². The van der Waals surface area contributed by atoms with Crippen LogP contribution in [0.1, 0.15) is 26.3 Å². The Morgan fingerprint density at radius 3 is 2.42 bits per heavy atom. The predicted octanol–water partition coefficient (Wildman–Crippen LogP) is 3.12. The number of halogens is 3. The number of carbonyl (C=O) groups excluding carboxylic acids is 2. The number of rotatable bonds is 5. The number of ether oxygens (including phenoxy) is 2. The fourth-order valence-electron chi connectivity index (χ4n) is 4.18. The number of benzene rings is 2. The lowest BCUT2D eigenvalue weighted by Gasteiger charge is -2.36. The highest BCUT2D eigenvalue weighted by atomic mass is 19.1. The molecule has 2 amide bonds. The topological polar surface area (TPSA) is 84.0 Å². The van der Waals surface area contributed by atoms with E-state index in [1.54, 1.807) is 30.5 Å². The largest absolute Gasteiger partial charge is 0.454 e. The molecule has 2 aromatic carbocycles. The first-order valence-electron chi connectivity index (χ1n) is 11.2. The van der Waals surface area contributed by atoms with Gasteiger partial charge in [0, 0.05) is 51.1 Å². The summed E-state index contributed by atoms with van der Waals surface area (Å²) in [6.45, 7) is 1.29. The van der Waals surface area contributed by atoms with Gasteiger partial charge in [-0.3, -0.25) is 9.59 Å². The van der Waals surface area contributed by atoms with Crippen molar-refractivity contribution in [2.75, 3.05) is 37.9 Å². The molecule has 1 fully saturated rings. The van der Waals surface area contributed by atoms with Crippen LogP contribution in [0.15, 0.2) is 48.7 Å². The zero-order valence-corrected chi connectivity index (χ0v) is 19.0. The Morgan fingerprint density at radius 2 is 1.67 bits per heavy atom. The summed E-state index contributed by atoms with van der Waals surface area (Å²) in [6.07, 6.45) is 1.56. The molecule has 1 saturated heterocycles. The SMILES string of the molecule is O=C(NCc1ccc2c(c1)OCO2)c1cccnc1N1CCN(C(=O)c2c(F)cc(F)cc2F)CC1. The fraction of sp³-hybridized carbons (Fsp3) is 0.240. The van der Waals surface area contributed by atoms with Crippen LogP contribution in [0.25, 0.3) is 0 Å². The van der Waals surface area contributed by atoms with Crippen molar-refractivity contribution in [3.05, 3.63) is 82.8 Å². The number of hydrogen-bond donors (Lipinski definition) is 1. The van der Waals surface area contributed by atoms with Crippen LogP contribution >= 0.6 is 0 Å². The minimum Gasteiger partial charge on any atom is -0.454 e. The Kier molecular flexibility index (Phi) is 6.36. The molecule has 0 radical (unpaired) electrons. The van der Waals surface area contributed by atoms with Crippen LogP contribution in [-0.2, 0) is 6.54 Å². The van der Waals surface area contributed by atoms with Gasteiger partial charge < -0.3 is 24.6 Å². The number of pyridine rings is 1. The second-order valence-electron chi connectivity index (χ2n) is 8.27. The van der Waals surface area contributed by atoms with Gasteiger partial charge in [0.1, 0.15) is 28.8 Å². The number of anilines is 1. The summed E-state index contributed by atoms with van der Waals surface area (Å²) >= 11 is 0. The first-order valence-corrected chi connectivity index (χ1v) is 11.2. The second kappa shape index (κ2) is 9.76. The monoisotopic (exact) mass is 498 g/mol. The van der Waals surface area contributed by atoms with Gasteiger partial charge in [-0.25, -0.2) is 18.2 Å². The Labute approximate surface area is 204 Å². The van der Waals surface area contributed by atoms with Gasteiger partial charge in [0.15, 0.2) is 11.5 Å². The van der Waals surface area contributed by atoms with Gasteiger partial charge in [-0.15, -0.1) is 0 Å². The van der Waals surface area contributed by atoms with E-state index in [4.69, 9.17) is 9.47 Å². The van der Waals surface area contributed by atoms with Crippen LogP contribution in [0.3, 0.4) is 0 Å². The summed E-state index contributed by atoms with van der Waals surface area (Å²) in [7, 11) is 0. The molecular formula is C25H21F3N4O4. The van der Waals surface area contributed by atoms with Crippen LogP contribution in [0, 0.1) is 17.5 Å². The van der Waals surface area contributed by atoms with E-state index in [-0.39, 0.29) is 45.4 Å². The molecule has 36 heavy (non-hydrogen) atoms. The van der Waals surface area contributed by atoms with Gasteiger partial charge in [-0.2, -0.15) is 0 Å². The average Bonchev–Trinajstić information content (AvgIpc) is 3.35. The van der Waals surface area contributed by atoms with E-state index >= 15 is 0 Å². The van der Waals surface area contributed by atoms with Gasteiger partial charge in [-0.05, 0) is 29.8 Å². The highest BCUT2D eigenvalue weighted by Gasteiger charge is 2.29. The van der Waals surface area contributed by atoms with Crippen molar-refractivity contribution in [2.24, 2.45) is 0 Å². The third-order valence-electron chi connectivity index (χ3n) is 6.01. The summed E-state index contributed by atoms with van der Waals surface area (Å²) in [5.41, 5.74) is 0.408. The molecule has 0 atom stereocenters. The van der Waals surface area contributed by atoms with Crippen LogP contribution in [0.2, 0.25) is 0 Å². The molecule has 3 aromatic rings. The number of amides is 2. The normalized spacial score (nSPS) is 14.6. The number of nitrogens with zero attached hydrogens (tertiary/aromatic N) is 3. The van der Waals surface area contributed by atoms with Crippen molar-refractivity contribution in [1.82, 2.24) is 15.2 Å². The summed E-state index contributed by atoms with van der Waals surface area (Å²) in [4.78, 5) is 33.1. The molecule has 8 nitrogen and oxygen atoms in total. The minimum absolute atomic E-state index is 0.143. The Hall–Kier alpha value is -4.28. The highest BCUT2D eigenvalue weighted by molar-refractivity contribution is 5.99. The standard InChI is InChI=1S/C25H21F3N4O4/c26-16-11-18(27)22(19(28)12-16)25(34)32-8-6-31(7-9-32)23-17(2-1-5-29-23)24(33)30-13-15-3-4-20-21(10-15)36-14-35-20/h1-5,10-12H,6-9,13-14H2,(H,30,33). The van der Waals surface area contributed by atoms with Crippen molar-refractivity contribution < 1.29 is 32.2 Å². The lowest BCUT2D eigenvalue weighted by atomic mass is 10.1. The molecule has 5 rings (SSSR count). The molecule has 3 heterocycles. The van der Waals surface area contributed by atoms with E-state index in [9.17, 15) is 22.8 Å². The maximum atomic E-state index is 14.1. The number of carbonyl (C=O) groups is 2. The van der Waals surface area contributed by atoms with Crippen LogP contribution in [-0.4, -0.2) is 54.7 Å².